The van der Waals surface area contributed by atoms with Gasteiger partial charge in [0.25, 0.3) is 0 Å². The molecule has 0 aliphatic carbocycles. The molecule has 0 spiro atoms. The molecule has 0 aromatic rings. The summed E-state index contributed by atoms with van der Waals surface area (Å²) < 4.78 is 10.8. The molecule has 0 aromatic carbocycles. The Balaban J connectivity index is 0. The summed E-state index contributed by atoms with van der Waals surface area (Å²) in [6.45, 7) is 11.4. The molecule has 0 aliphatic heterocycles. The molecule has 18 heavy (non-hydrogen) atoms. The van der Waals surface area contributed by atoms with Gasteiger partial charge >= 0.3 is 0 Å². The van der Waals surface area contributed by atoms with Gasteiger partial charge in [0.05, 0.1) is 19.8 Å². The Bertz CT molecular complexity index is 211. The quantitative estimate of drug-likeness (QED) is 0.581. The van der Waals surface area contributed by atoms with Crippen molar-refractivity contribution in [3.05, 3.63) is 0 Å². The van der Waals surface area contributed by atoms with Crippen molar-refractivity contribution < 1.29 is 15.7 Å². The summed E-state index contributed by atoms with van der Waals surface area (Å²) in [6.07, 6.45) is 2.32. The molecule has 0 saturated heterocycles. The van der Waals surface area contributed by atoms with E-state index in [0.29, 0.717) is 26.4 Å². The molecule has 0 atom stereocenters. The Morgan fingerprint density at radius 1 is 1.06 bits per heavy atom. The Morgan fingerprint density at radius 3 is 2.22 bits per heavy atom. The highest BCUT2D eigenvalue weighted by Gasteiger charge is 2.04. The van der Waals surface area contributed by atoms with Gasteiger partial charge in [0, 0.05) is 20.5 Å². The zero-order valence-corrected chi connectivity index (χ0v) is 12.3. The minimum absolute atomic E-state index is 0. The first-order valence-electron chi connectivity index (χ1n) is 6.97. The van der Waals surface area contributed by atoms with Crippen molar-refractivity contribution in [3.8, 4) is 0 Å². The van der Waals surface area contributed by atoms with Crippen LogP contribution in [0.25, 0.3) is 0 Å². The highest BCUT2D eigenvalue weighted by molar-refractivity contribution is 5.77. The molecule has 0 rings (SSSR count). The van der Waals surface area contributed by atoms with Crippen LogP contribution in [-0.2, 0) is 14.3 Å². The maximum absolute atomic E-state index is 11.2. The van der Waals surface area contributed by atoms with Gasteiger partial charge in [0.1, 0.15) is 0 Å². The van der Waals surface area contributed by atoms with E-state index in [2.05, 4.69) is 19.2 Å². The lowest BCUT2D eigenvalue weighted by Crippen LogP contribution is -2.31. The van der Waals surface area contributed by atoms with E-state index < -0.39 is 0 Å². The summed E-state index contributed by atoms with van der Waals surface area (Å²) in [5, 5.41) is 2.80. The number of ether oxygens (including phenoxy) is 2. The lowest BCUT2D eigenvalue weighted by molar-refractivity contribution is -0.124. The minimum atomic E-state index is 0. The first kappa shape index (κ1) is 17.4. The predicted octanol–water partition coefficient (Wildman–Crippen LogP) is 2.47. The number of carbonyl (C=O) groups is 1. The van der Waals surface area contributed by atoms with Crippen molar-refractivity contribution in [1.29, 1.82) is 0 Å². The first-order valence-corrected chi connectivity index (χ1v) is 6.97. The molecular formula is C14H31NO3. The second-order valence-corrected chi connectivity index (χ2v) is 5.21. The number of nitrogens with one attached hydrogen (secondary N) is 1. The van der Waals surface area contributed by atoms with Crippen LogP contribution in [-0.4, -0.2) is 38.9 Å². The van der Waals surface area contributed by atoms with Gasteiger partial charge in [-0.15, -0.1) is 0 Å². The molecule has 0 aromatic heterocycles. The molecule has 0 saturated carbocycles. The maximum Gasteiger partial charge on any atom is 0.222 e. The third-order valence-corrected chi connectivity index (χ3v) is 2.51. The molecule has 0 bridgehead atoms. The van der Waals surface area contributed by atoms with Crippen molar-refractivity contribution in [2.75, 3.05) is 33.0 Å². The van der Waals surface area contributed by atoms with Crippen molar-refractivity contribution in [2.45, 2.75) is 40.5 Å². The van der Waals surface area contributed by atoms with Crippen LogP contribution in [0.2, 0.25) is 0 Å². The second kappa shape index (κ2) is 11.5. The van der Waals surface area contributed by atoms with E-state index in [-0.39, 0.29) is 13.3 Å². The number of rotatable bonds is 11. The monoisotopic (exact) mass is 261 g/mol. The molecule has 110 valence electrons. The molecular weight excluding hydrogens is 230 g/mol. The summed E-state index contributed by atoms with van der Waals surface area (Å²) in [7, 11) is 0. The second-order valence-electron chi connectivity index (χ2n) is 5.21. The van der Waals surface area contributed by atoms with Crippen molar-refractivity contribution in [3.63, 3.8) is 0 Å². The van der Waals surface area contributed by atoms with Crippen LogP contribution < -0.4 is 5.32 Å². The number of amides is 1. The summed E-state index contributed by atoms with van der Waals surface area (Å²) in [5.41, 5.74) is 0. The maximum atomic E-state index is 11.2. The fourth-order valence-corrected chi connectivity index (χ4v) is 1.37. The van der Waals surface area contributed by atoms with E-state index in [4.69, 9.17) is 9.47 Å². The number of hydrogen-bond donors (Lipinski definition) is 1. The van der Waals surface area contributed by atoms with Crippen LogP contribution >= 0.6 is 0 Å². The van der Waals surface area contributed by atoms with Crippen LogP contribution in [0.5, 0.6) is 0 Å². The molecule has 0 aliphatic rings. The molecule has 0 unspecified atom stereocenters. The Morgan fingerprint density at radius 2 is 1.67 bits per heavy atom. The van der Waals surface area contributed by atoms with E-state index >= 15 is 0 Å². The Hall–Kier alpha value is -0.610. The summed E-state index contributed by atoms with van der Waals surface area (Å²) in [5.74, 6) is 0.854. The molecule has 1 amide bonds. The lowest BCUT2D eigenvalue weighted by atomic mass is 10.1. The molecule has 1 N–H and O–H groups in total. The van der Waals surface area contributed by atoms with Crippen LogP contribution in [0.4, 0.5) is 0 Å². The highest BCUT2D eigenvalue weighted by Crippen LogP contribution is 2.02. The average molecular weight is 261 g/mol. The van der Waals surface area contributed by atoms with Crippen LogP contribution in [0.1, 0.15) is 42.0 Å². The van der Waals surface area contributed by atoms with E-state index in [1.807, 2.05) is 13.8 Å². The normalized spacial score (nSPS) is 11.2. The third kappa shape index (κ3) is 11.9. The number of hydrogen-bond acceptors (Lipinski definition) is 3. The topological polar surface area (TPSA) is 47.6 Å². The molecule has 0 fully saturated rings. The van der Waals surface area contributed by atoms with Gasteiger partial charge < -0.3 is 14.8 Å². The predicted molar refractivity (Wildman–Crippen MR) is 75.7 cm³/mol. The fourth-order valence-electron chi connectivity index (χ4n) is 1.37. The van der Waals surface area contributed by atoms with Gasteiger partial charge in [-0.3, -0.25) is 4.79 Å². The summed E-state index contributed by atoms with van der Waals surface area (Å²) in [4.78, 5) is 11.2. The van der Waals surface area contributed by atoms with Crippen molar-refractivity contribution >= 4 is 5.91 Å². The van der Waals surface area contributed by atoms with Gasteiger partial charge in [-0.25, -0.2) is 0 Å². The molecule has 4 nitrogen and oxygen atoms in total. The zero-order valence-electron chi connectivity index (χ0n) is 12.3. The fraction of sp³-hybridized carbons (Fsp3) is 0.929. The first-order chi connectivity index (χ1) is 8.54. The van der Waals surface area contributed by atoms with E-state index in [9.17, 15) is 4.79 Å². The number of carbonyl (C=O) groups excluding carboxylic acids is 1. The van der Waals surface area contributed by atoms with E-state index in [1.54, 1.807) is 0 Å². The van der Waals surface area contributed by atoms with Gasteiger partial charge in [-0.2, -0.15) is 0 Å². The highest BCUT2D eigenvalue weighted by atomic mass is 16.5. The van der Waals surface area contributed by atoms with Gasteiger partial charge in [-0.05, 0) is 18.8 Å². The van der Waals surface area contributed by atoms with Crippen LogP contribution in [0, 0.1) is 11.8 Å². The lowest BCUT2D eigenvalue weighted by Gasteiger charge is -2.09. The molecule has 0 heterocycles. The van der Waals surface area contributed by atoms with Gasteiger partial charge in [0.15, 0.2) is 0 Å². The van der Waals surface area contributed by atoms with E-state index in [0.717, 1.165) is 18.9 Å². The molecule has 0 radical (unpaired) electrons. The smallest absolute Gasteiger partial charge is 0.222 e. The average Bonchev–Trinajstić information content (AvgIpc) is 2.30. The zero-order chi connectivity index (χ0) is 13.8. The minimum Gasteiger partial charge on any atom is -0.379 e. The Kier molecular flexibility index (Phi) is 11.1. The summed E-state index contributed by atoms with van der Waals surface area (Å²) in [6, 6.07) is 0. The molecule has 4 heteroatoms. The van der Waals surface area contributed by atoms with Crippen molar-refractivity contribution in [2.24, 2.45) is 11.8 Å². The summed E-state index contributed by atoms with van der Waals surface area (Å²) >= 11 is 0. The Labute approximate surface area is 113 Å². The van der Waals surface area contributed by atoms with Crippen LogP contribution in [0.15, 0.2) is 0 Å². The largest absolute Gasteiger partial charge is 0.379 e. The standard InChI is InChI=1S/C14H29NO3.H2/c1-12(2)6-5-8-17-10-11-18-9-7-15-14(16)13(3)4;/h12-13H,5-11H2,1-4H3,(H,15,16);1H. The SMILES string of the molecule is CC(C)CCCOCCOCCNC(=O)C(C)C.[HH]. The van der Waals surface area contributed by atoms with Crippen LogP contribution in [0.3, 0.4) is 0 Å². The van der Waals surface area contributed by atoms with E-state index in [1.165, 1.54) is 6.42 Å². The van der Waals surface area contributed by atoms with Gasteiger partial charge in [0.2, 0.25) is 5.91 Å². The van der Waals surface area contributed by atoms with Gasteiger partial charge in [-0.1, -0.05) is 27.7 Å². The van der Waals surface area contributed by atoms with Crippen molar-refractivity contribution in [1.82, 2.24) is 5.32 Å². The third-order valence-electron chi connectivity index (χ3n) is 2.51.